The lowest BCUT2D eigenvalue weighted by Crippen LogP contribution is -2.38. The monoisotopic (exact) mass is 397 g/mol. The maximum Gasteiger partial charge on any atom is 0.335 e. The molecule has 0 spiro atoms. The van der Waals surface area contributed by atoms with Gasteiger partial charge in [-0.05, 0) is 17.7 Å². The molecule has 5 amide bonds. The summed E-state index contributed by atoms with van der Waals surface area (Å²) < 4.78 is 10.3. The molecule has 1 aliphatic heterocycles. The number of urea groups is 1. The van der Waals surface area contributed by atoms with Gasteiger partial charge in [-0.3, -0.25) is 19.3 Å². The topological polar surface area (TPSA) is 105 Å². The zero-order chi connectivity index (χ0) is 21.0. The van der Waals surface area contributed by atoms with E-state index in [1.807, 2.05) is 0 Å². The zero-order valence-corrected chi connectivity index (χ0v) is 15.9. The summed E-state index contributed by atoms with van der Waals surface area (Å²) in [7, 11) is 2.92. The van der Waals surface area contributed by atoms with Crippen molar-refractivity contribution in [1.82, 2.24) is 9.80 Å². The molecule has 1 fully saturated rings. The van der Waals surface area contributed by atoms with Crippen LogP contribution in [0.4, 0.5) is 10.5 Å². The predicted octanol–water partition coefficient (Wildman–Crippen LogP) is 1.63. The van der Waals surface area contributed by atoms with Crippen molar-refractivity contribution >= 4 is 29.4 Å². The van der Waals surface area contributed by atoms with Gasteiger partial charge >= 0.3 is 17.8 Å². The molecule has 0 atom stereocenters. The van der Waals surface area contributed by atoms with Crippen molar-refractivity contribution < 1.29 is 28.7 Å². The molecule has 0 saturated carbocycles. The Bertz CT molecular complexity index is 960. The Kier molecular flexibility index (Phi) is 5.77. The first-order valence-electron chi connectivity index (χ1n) is 8.67. The van der Waals surface area contributed by atoms with Crippen LogP contribution in [0.15, 0.2) is 48.5 Å². The molecular formula is C20H19N3O6. The van der Waals surface area contributed by atoms with Crippen molar-refractivity contribution in [2.24, 2.45) is 0 Å². The number of carbonyl (C=O) groups excluding carboxylic acids is 4. The molecule has 9 nitrogen and oxygen atoms in total. The Balaban J connectivity index is 1.69. The van der Waals surface area contributed by atoms with Crippen molar-refractivity contribution in [2.75, 3.05) is 26.1 Å². The summed E-state index contributed by atoms with van der Waals surface area (Å²) >= 11 is 0. The van der Waals surface area contributed by atoms with Crippen molar-refractivity contribution in [3.63, 3.8) is 0 Å². The third-order valence-corrected chi connectivity index (χ3v) is 4.30. The van der Waals surface area contributed by atoms with Crippen LogP contribution < -0.4 is 14.8 Å². The summed E-state index contributed by atoms with van der Waals surface area (Å²) in [5, 5.41) is 2.56. The predicted molar refractivity (Wildman–Crippen MR) is 102 cm³/mol. The molecule has 1 aliphatic rings. The maximum absolute atomic E-state index is 12.5. The van der Waals surface area contributed by atoms with E-state index < -0.39 is 30.3 Å². The van der Waals surface area contributed by atoms with Crippen molar-refractivity contribution in [1.29, 1.82) is 0 Å². The minimum Gasteiger partial charge on any atom is -0.497 e. The third kappa shape index (κ3) is 4.18. The number of imide groups is 2. The molecule has 0 aliphatic carbocycles. The van der Waals surface area contributed by atoms with Gasteiger partial charge in [0, 0.05) is 6.07 Å². The van der Waals surface area contributed by atoms with Gasteiger partial charge in [0.25, 0.3) is 0 Å². The summed E-state index contributed by atoms with van der Waals surface area (Å²) in [6.07, 6.45) is 0. The summed E-state index contributed by atoms with van der Waals surface area (Å²) in [6.45, 7) is -0.640. The fourth-order valence-electron chi connectivity index (χ4n) is 2.83. The van der Waals surface area contributed by atoms with Crippen molar-refractivity contribution in [3.8, 4) is 11.5 Å². The number of methoxy groups -OCH3 is 2. The Morgan fingerprint density at radius 1 is 0.931 bits per heavy atom. The quantitative estimate of drug-likeness (QED) is 0.562. The number of ether oxygens (including phenoxy) is 2. The van der Waals surface area contributed by atoms with E-state index in [0.29, 0.717) is 27.6 Å². The Hall–Kier alpha value is -3.88. The van der Waals surface area contributed by atoms with Gasteiger partial charge in [-0.15, -0.1) is 0 Å². The van der Waals surface area contributed by atoms with E-state index in [0.717, 1.165) is 4.90 Å². The number of amides is 5. The fraction of sp³-hybridized carbons (Fsp3) is 0.200. The molecular weight excluding hydrogens is 378 g/mol. The van der Waals surface area contributed by atoms with Gasteiger partial charge in [0.15, 0.2) is 0 Å². The molecule has 0 bridgehead atoms. The van der Waals surface area contributed by atoms with Crippen LogP contribution in [0.25, 0.3) is 0 Å². The first-order valence-corrected chi connectivity index (χ1v) is 8.67. The Morgan fingerprint density at radius 2 is 1.62 bits per heavy atom. The number of hydrogen-bond acceptors (Lipinski definition) is 6. The fourth-order valence-corrected chi connectivity index (χ4v) is 2.83. The number of benzene rings is 2. The van der Waals surface area contributed by atoms with Gasteiger partial charge in [-0.25, -0.2) is 9.69 Å². The number of anilines is 1. The summed E-state index contributed by atoms with van der Waals surface area (Å²) in [4.78, 5) is 50.7. The van der Waals surface area contributed by atoms with E-state index in [9.17, 15) is 19.2 Å². The largest absolute Gasteiger partial charge is 0.497 e. The molecule has 9 heteroatoms. The summed E-state index contributed by atoms with van der Waals surface area (Å²) in [6, 6.07) is 12.7. The minimum absolute atomic E-state index is 0.0470. The Labute approximate surface area is 166 Å². The lowest BCUT2D eigenvalue weighted by Gasteiger charge is -2.16. The van der Waals surface area contributed by atoms with Crippen LogP contribution in [-0.4, -0.2) is 54.3 Å². The zero-order valence-electron chi connectivity index (χ0n) is 15.9. The first kappa shape index (κ1) is 19.9. The normalized spacial score (nSPS) is 13.7. The first-order chi connectivity index (χ1) is 13.9. The van der Waals surface area contributed by atoms with Crippen LogP contribution in [-0.2, 0) is 20.9 Å². The minimum atomic E-state index is -1.04. The highest BCUT2D eigenvalue weighted by Crippen LogP contribution is 2.29. The molecule has 2 aromatic rings. The SMILES string of the molecule is COc1ccc(NC(=O)CN2C(=O)C(=O)N(Cc3ccccc3)C2=O)c(OC)c1. The van der Waals surface area contributed by atoms with Crippen LogP contribution in [0.1, 0.15) is 5.56 Å². The Morgan fingerprint density at radius 3 is 2.28 bits per heavy atom. The van der Waals surface area contributed by atoms with Crippen LogP contribution in [0, 0.1) is 0 Å². The second-order valence-corrected chi connectivity index (χ2v) is 6.17. The number of rotatable bonds is 7. The third-order valence-electron chi connectivity index (χ3n) is 4.30. The molecule has 0 unspecified atom stereocenters. The van der Waals surface area contributed by atoms with Crippen molar-refractivity contribution in [2.45, 2.75) is 6.54 Å². The standard InChI is InChI=1S/C20H19N3O6/c1-28-14-8-9-15(16(10-14)29-2)21-17(24)12-23-19(26)18(25)22(20(23)27)11-13-6-4-3-5-7-13/h3-10H,11-12H2,1-2H3,(H,21,24). The molecule has 3 rings (SSSR count). The van der Waals surface area contributed by atoms with Crippen LogP contribution in [0.5, 0.6) is 11.5 Å². The molecule has 0 aromatic heterocycles. The molecule has 1 heterocycles. The molecule has 29 heavy (non-hydrogen) atoms. The van der Waals surface area contributed by atoms with Crippen LogP contribution >= 0.6 is 0 Å². The number of carbonyl (C=O) groups is 4. The van der Waals surface area contributed by atoms with Crippen molar-refractivity contribution in [3.05, 3.63) is 54.1 Å². The van der Waals surface area contributed by atoms with Crippen LogP contribution in [0.3, 0.4) is 0 Å². The van der Waals surface area contributed by atoms with E-state index in [-0.39, 0.29) is 6.54 Å². The van der Waals surface area contributed by atoms with Gasteiger partial charge in [0.05, 0.1) is 26.5 Å². The van der Waals surface area contributed by atoms with Gasteiger partial charge in [0.1, 0.15) is 18.0 Å². The highest BCUT2D eigenvalue weighted by molar-refractivity contribution is 6.45. The summed E-state index contributed by atoms with van der Waals surface area (Å²) in [5.74, 6) is -1.77. The molecule has 0 radical (unpaired) electrons. The highest BCUT2D eigenvalue weighted by atomic mass is 16.5. The van der Waals surface area contributed by atoms with Gasteiger partial charge < -0.3 is 14.8 Å². The molecule has 1 N–H and O–H groups in total. The number of nitrogens with one attached hydrogen (secondary N) is 1. The van der Waals surface area contributed by atoms with E-state index >= 15 is 0 Å². The second-order valence-electron chi connectivity index (χ2n) is 6.17. The lowest BCUT2D eigenvalue weighted by molar-refractivity contribution is -0.143. The molecule has 2 aromatic carbocycles. The number of nitrogens with zero attached hydrogens (tertiary/aromatic N) is 2. The van der Waals surface area contributed by atoms with Gasteiger partial charge in [-0.1, -0.05) is 30.3 Å². The van der Waals surface area contributed by atoms with Crippen LogP contribution in [0.2, 0.25) is 0 Å². The van der Waals surface area contributed by atoms with E-state index in [4.69, 9.17) is 9.47 Å². The average molecular weight is 397 g/mol. The van der Waals surface area contributed by atoms with Gasteiger partial charge in [-0.2, -0.15) is 0 Å². The van der Waals surface area contributed by atoms with Gasteiger partial charge in [0.2, 0.25) is 5.91 Å². The summed E-state index contributed by atoms with van der Waals surface area (Å²) in [5.41, 5.74) is 1.03. The van der Waals surface area contributed by atoms with E-state index in [2.05, 4.69) is 5.32 Å². The smallest absolute Gasteiger partial charge is 0.335 e. The lowest BCUT2D eigenvalue weighted by atomic mass is 10.2. The molecule has 150 valence electrons. The molecule has 1 saturated heterocycles. The second kappa shape index (κ2) is 8.42. The van der Waals surface area contributed by atoms with E-state index in [1.54, 1.807) is 48.5 Å². The van der Waals surface area contributed by atoms with E-state index in [1.165, 1.54) is 14.2 Å². The highest BCUT2D eigenvalue weighted by Gasteiger charge is 2.45. The average Bonchev–Trinajstić information content (AvgIpc) is 2.93. The maximum atomic E-state index is 12.5. The number of hydrogen-bond donors (Lipinski definition) is 1.